The molecule has 0 unspecified atom stereocenters. The third-order valence-electron chi connectivity index (χ3n) is 4.68. The molecule has 4 aromatic rings. The van der Waals surface area contributed by atoms with E-state index in [0.717, 1.165) is 5.56 Å². The summed E-state index contributed by atoms with van der Waals surface area (Å²) in [5.74, 6) is 1.88. The molecule has 0 saturated heterocycles. The number of nitrogens with zero attached hydrogens (tertiary/aromatic N) is 4. The van der Waals surface area contributed by atoms with Crippen molar-refractivity contribution < 1.29 is 9.53 Å². The number of aryl methyl sites for hydroxylation is 1. The minimum absolute atomic E-state index is 0.123. The largest absolute Gasteiger partial charge is 0.492 e. The van der Waals surface area contributed by atoms with Gasteiger partial charge in [0.15, 0.2) is 11.5 Å². The Morgan fingerprint density at radius 1 is 1.00 bits per heavy atom. The van der Waals surface area contributed by atoms with Gasteiger partial charge in [0.2, 0.25) is 5.91 Å². The Morgan fingerprint density at radius 2 is 1.81 bits per heavy atom. The molecule has 0 saturated carbocycles. The van der Waals surface area contributed by atoms with Gasteiger partial charge in [-0.05, 0) is 36.8 Å². The molecule has 0 atom stereocenters. The van der Waals surface area contributed by atoms with Gasteiger partial charge in [0, 0.05) is 19.4 Å². The van der Waals surface area contributed by atoms with Gasteiger partial charge in [-0.15, -0.1) is 15.3 Å². The first-order chi connectivity index (χ1) is 15.2. The van der Waals surface area contributed by atoms with E-state index in [9.17, 15) is 4.79 Å². The average molecular weight is 416 g/mol. The Hall–Kier alpha value is -3.94. The molecule has 0 aliphatic rings. The summed E-state index contributed by atoms with van der Waals surface area (Å²) < 4.78 is 7.23. The maximum absolute atomic E-state index is 12.5. The molecular weight excluding hydrogens is 392 g/mol. The van der Waals surface area contributed by atoms with E-state index in [4.69, 9.17) is 4.74 Å². The Bertz CT molecular complexity index is 1160. The number of rotatable bonds is 9. The Kier molecular flexibility index (Phi) is 6.37. The standard InChI is InChI=1S/C23H24N6O2/c1-2-31-19-11-7-6-10-18(19)25-23(30)15-14-22-27-26-21-13-12-20(28-29(21)22)24-16-17-8-4-3-5-9-17/h3-13H,2,14-16H2,1H3,(H,24,28)(H,25,30). The van der Waals surface area contributed by atoms with Crippen LogP contribution in [0.3, 0.4) is 0 Å². The highest BCUT2D eigenvalue weighted by Gasteiger charge is 2.12. The molecule has 2 heterocycles. The monoisotopic (exact) mass is 416 g/mol. The van der Waals surface area contributed by atoms with Gasteiger partial charge >= 0.3 is 0 Å². The van der Waals surface area contributed by atoms with Crippen molar-refractivity contribution >= 4 is 23.1 Å². The molecular formula is C23H24N6O2. The van der Waals surface area contributed by atoms with Crippen LogP contribution in [-0.4, -0.2) is 32.3 Å². The molecule has 158 valence electrons. The molecule has 1 amide bonds. The van der Waals surface area contributed by atoms with E-state index in [2.05, 4.69) is 38.1 Å². The van der Waals surface area contributed by atoms with Crippen molar-refractivity contribution in [2.75, 3.05) is 17.2 Å². The van der Waals surface area contributed by atoms with Gasteiger partial charge in [0.25, 0.3) is 0 Å². The summed E-state index contributed by atoms with van der Waals surface area (Å²) in [7, 11) is 0. The molecule has 8 heteroatoms. The van der Waals surface area contributed by atoms with E-state index in [-0.39, 0.29) is 12.3 Å². The minimum atomic E-state index is -0.123. The zero-order valence-electron chi connectivity index (χ0n) is 17.3. The van der Waals surface area contributed by atoms with Crippen LogP contribution in [0.1, 0.15) is 24.7 Å². The van der Waals surface area contributed by atoms with E-state index in [0.29, 0.717) is 48.3 Å². The van der Waals surface area contributed by atoms with Gasteiger partial charge in [0.1, 0.15) is 11.6 Å². The minimum Gasteiger partial charge on any atom is -0.492 e. The fourth-order valence-electron chi connectivity index (χ4n) is 3.16. The van der Waals surface area contributed by atoms with E-state index in [1.807, 2.05) is 61.5 Å². The second-order valence-corrected chi connectivity index (χ2v) is 6.92. The zero-order chi connectivity index (χ0) is 21.5. The highest BCUT2D eigenvalue weighted by Crippen LogP contribution is 2.23. The molecule has 0 aliphatic heterocycles. The molecule has 0 radical (unpaired) electrons. The number of hydrogen-bond donors (Lipinski definition) is 2. The summed E-state index contributed by atoms with van der Waals surface area (Å²) >= 11 is 0. The fraction of sp³-hybridized carbons (Fsp3) is 0.217. The summed E-state index contributed by atoms with van der Waals surface area (Å²) in [5, 5.41) is 19.1. The smallest absolute Gasteiger partial charge is 0.224 e. The van der Waals surface area contributed by atoms with Crippen molar-refractivity contribution in [3.8, 4) is 5.75 Å². The van der Waals surface area contributed by atoms with Crippen LogP contribution >= 0.6 is 0 Å². The zero-order valence-corrected chi connectivity index (χ0v) is 17.3. The van der Waals surface area contributed by atoms with Gasteiger partial charge in [-0.25, -0.2) is 0 Å². The third-order valence-corrected chi connectivity index (χ3v) is 4.68. The van der Waals surface area contributed by atoms with E-state index < -0.39 is 0 Å². The summed E-state index contributed by atoms with van der Waals surface area (Å²) in [6, 6.07) is 21.2. The van der Waals surface area contributed by atoms with Crippen molar-refractivity contribution in [2.24, 2.45) is 0 Å². The number of carbonyl (C=O) groups excluding carboxylic acids is 1. The third kappa shape index (κ3) is 5.16. The lowest BCUT2D eigenvalue weighted by atomic mass is 10.2. The molecule has 0 fully saturated rings. The second kappa shape index (κ2) is 9.71. The van der Waals surface area contributed by atoms with Crippen LogP contribution in [0.15, 0.2) is 66.7 Å². The predicted octanol–water partition coefficient (Wildman–Crippen LogP) is 3.71. The van der Waals surface area contributed by atoms with Crippen LogP contribution in [0.25, 0.3) is 5.65 Å². The van der Waals surface area contributed by atoms with E-state index >= 15 is 0 Å². The molecule has 0 aliphatic carbocycles. The lowest BCUT2D eigenvalue weighted by molar-refractivity contribution is -0.116. The number of carbonyl (C=O) groups is 1. The van der Waals surface area contributed by atoms with E-state index in [1.54, 1.807) is 4.52 Å². The maximum Gasteiger partial charge on any atom is 0.224 e. The normalized spacial score (nSPS) is 10.7. The molecule has 0 spiro atoms. The van der Waals surface area contributed by atoms with Crippen molar-refractivity contribution in [3.63, 3.8) is 0 Å². The second-order valence-electron chi connectivity index (χ2n) is 6.92. The van der Waals surface area contributed by atoms with Crippen LogP contribution in [0.5, 0.6) is 5.75 Å². The summed E-state index contributed by atoms with van der Waals surface area (Å²) in [5.41, 5.74) is 2.46. The Morgan fingerprint density at radius 3 is 2.65 bits per heavy atom. The number of anilines is 2. The topological polar surface area (TPSA) is 93.4 Å². The first-order valence-corrected chi connectivity index (χ1v) is 10.2. The molecule has 8 nitrogen and oxygen atoms in total. The number of aromatic nitrogens is 4. The van der Waals surface area contributed by atoms with Crippen molar-refractivity contribution in [1.82, 2.24) is 19.8 Å². The van der Waals surface area contributed by atoms with Crippen molar-refractivity contribution in [3.05, 3.63) is 78.1 Å². The summed E-state index contributed by atoms with van der Waals surface area (Å²) in [4.78, 5) is 12.5. The number of para-hydroxylation sites is 2. The first kappa shape index (κ1) is 20.3. The summed E-state index contributed by atoms with van der Waals surface area (Å²) in [6.07, 6.45) is 0.670. The number of fused-ring (bicyclic) bond motifs is 1. The van der Waals surface area contributed by atoms with Gasteiger partial charge < -0.3 is 15.4 Å². The van der Waals surface area contributed by atoms with Crippen LogP contribution in [-0.2, 0) is 17.8 Å². The fourth-order valence-corrected chi connectivity index (χ4v) is 3.16. The highest BCUT2D eigenvalue weighted by atomic mass is 16.5. The van der Waals surface area contributed by atoms with Crippen molar-refractivity contribution in [2.45, 2.75) is 26.3 Å². The van der Waals surface area contributed by atoms with Gasteiger partial charge in [-0.3, -0.25) is 4.79 Å². The van der Waals surface area contributed by atoms with Crippen molar-refractivity contribution in [1.29, 1.82) is 0 Å². The molecule has 2 aromatic carbocycles. The van der Waals surface area contributed by atoms with Crippen LogP contribution in [0, 0.1) is 0 Å². The molecule has 4 rings (SSSR count). The first-order valence-electron chi connectivity index (χ1n) is 10.2. The predicted molar refractivity (Wildman–Crippen MR) is 119 cm³/mol. The quantitative estimate of drug-likeness (QED) is 0.432. The van der Waals surface area contributed by atoms with Gasteiger partial charge in [-0.2, -0.15) is 4.52 Å². The SMILES string of the molecule is CCOc1ccccc1NC(=O)CCc1nnc2ccc(NCc3ccccc3)nn12. The van der Waals surface area contributed by atoms with Gasteiger partial charge in [-0.1, -0.05) is 42.5 Å². The van der Waals surface area contributed by atoms with E-state index in [1.165, 1.54) is 0 Å². The number of hydrogen-bond acceptors (Lipinski definition) is 6. The average Bonchev–Trinajstić information content (AvgIpc) is 3.21. The van der Waals surface area contributed by atoms with Crippen LogP contribution < -0.4 is 15.4 Å². The number of amides is 1. The van der Waals surface area contributed by atoms with Crippen LogP contribution in [0.4, 0.5) is 11.5 Å². The lowest BCUT2D eigenvalue weighted by Crippen LogP contribution is -2.14. The summed E-state index contributed by atoms with van der Waals surface area (Å²) in [6.45, 7) is 3.11. The van der Waals surface area contributed by atoms with Gasteiger partial charge in [0.05, 0.1) is 12.3 Å². The highest BCUT2D eigenvalue weighted by molar-refractivity contribution is 5.92. The van der Waals surface area contributed by atoms with Crippen LogP contribution in [0.2, 0.25) is 0 Å². The molecule has 0 bridgehead atoms. The lowest BCUT2D eigenvalue weighted by Gasteiger charge is -2.11. The maximum atomic E-state index is 12.5. The molecule has 31 heavy (non-hydrogen) atoms. The molecule has 2 N–H and O–H groups in total. The number of nitrogens with one attached hydrogen (secondary N) is 2. The Balaban J connectivity index is 1.40. The number of ether oxygens (including phenoxy) is 1. The number of benzene rings is 2. The molecule has 2 aromatic heterocycles. The Labute approximate surface area is 180 Å².